The molecule has 0 spiro atoms. The Morgan fingerprint density at radius 1 is 1.62 bits per heavy atom. The summed E-state index contributed by atoms with van der Waals surface area (Å²) >= 11 is 0. The molecule has 2 amide bonds. The van der Waals surface area contributed by atoms with Crippen LogP contribution in [0.25, 0.3) is 0 Å². The fourth-order valence-electron chi connectivity index (χ4n) is 0.791. The van der Waals surface area contributed by atoms with Crippen LogP contribution < -0.4 is 10.6 Å². The fourth-order valence-corrected chi connectivity index (χ4v) is 0.791. The molecule has 0 radical (unpaired) electrons. The van der Waals surface area contributed by atoms with Crippen molar-refractivity contribution in [2.45, 2.75) is 31.4 Å². The lowest BCUT2D eigenvalue weighted by Crippen LogP contribution is -2.47. The van der Waals surface area contributed by atoms with Crippen LogP contribution in [-0.4, -0.2) is 41.0 Å². The van der Waals surface area contributed by atoms with Gasteiger partial charge >= 0.3 is 6.03 Å². The Morgan fingerprint density at radius 2 is 2.23 bits per heavy atom. The number of rotatable bonds is 4. The summed E-state index contributed by atoms with van der Waals surface area (Å²) in [6, 6.07) is 0.0234. The molecule has 1 atom stereocenters. The summed E-state index contributed by atoms with van der Waals surface area (Å²) in [5.41, 5.74) is -1.24. The lowest BCUT2D eigenvalue weighted by molar-refractivity contribution is 0.00482. The van der Waals surface area contributed by atoms with Crippen LogP contribution in [0.4, 0.5) is 4.79 Å². The first kappa shape index (κ1) is 10.3. The highest BCUT2D eigenvalue weighted by molar-refractivity contribution is 5.74. The molecule has 0 bridgehead atoms. The van der Waals surface area contributed by atoms with E-state index in [1.807, 2.05) is 0 Å². The second-order valence-corrected chi connectivity index (χ2v) is 3.76. The molecular formula is C8H16N2O3. The maximum absolute atomic E-state index is 11.0. The van der Waals surface area contributed by atoms with Gasteiger partial charge in [-0.05, 0) is 19.8 Å². The highest BCUT2D eigenvalue weighted by atomic mass is 16.3. The number of carbonyl (C=O) groups is 1. The number of nitrogens with one attached hydrogen (secondary N) is 2. The van der Waals surface area contributed by atoms with E-state index in [2.05, 4.69) is 10.6 Å². The number of urea groups is 1. The molecule has 1 fully saturated rings. The van der Waals surface area contributed by atoms with Gasteiger partial charge in [0.15, 0.2) is 0 Å². The lowest BCUT2D eigenvalue weighted by Gasteiger charge is -2.20. The van der Waals surface area contributed by atoms with Crippen LogP contribution in [0.15, 0.2) is 0 Å². The van der Waals surface area contributed by atoms with Crippen molar-refractivity contribution in [2.75, 3.05) is 13.2 Å². The number of carbonyl (C=O) groups excluding carboxylic acids is 1. The molecule has 1 aliphatic carbocycles. The quantitative estimate of drug-likeness (QED) is 0.466. The zero-order valence-electron chi connectivity index (χ0n) is 7.71. The Labute approximate surface area is 77.1 Å². The van der Waals surface area contributed by atoms with Crippen molar-refractivity contribution in [1.29, 1.82) is 0 Å². The van der Waals surface area contributed by atoms with Crippen molar-refractivity contribution in [3.63, 3.8) is 0 Å². The first-order chi connectivity index (χ1) is 6.03. The van der Waals surface area contributed by atoms with Crippen molar-refractivity contribution >= 4 is 6.03 Å². The van der Waals surface area contributed by atoms with Gasteiger partial charge in [-0.2, -0.15) is 0 Å². The normalized spacial score (nSPS) is 20.5. The van der Waals surface area contributed by atoms with Crippen molar-refractivity contribution in [1.82, 2.24) is 10.6 Å². The fraction of sp³-hybridized carbons (Fsp3) is 0.875. The molecule has 0 heterocycles. The Kier molecular flexibility index (Phi) is 3.11. The van der Waals surface area contributed by atoms with E-state index in [-0.39, 0.29) is 19.2 Å². The Morgan fingerprint density at radius 3 is 2.69 bits per heavy atom. The van der Waals surface area contributed by atoms with Gasteiger partial charge in [0.1, 0.15) is 5.60 Å². The molecular weight excluding hydrogens is 172 g/mol. The van der Waals surface area contributed by atoms with Crippen molar-refractivity contribution < 1.29 is 15.0 Å². The molecule has 5 heteroatoms. The summed E-state index contributed by atoms with van der Waals surface area (Å²) < 4.78 is 0. The third-order valence-electron chi connectivity index (χ3n) is 1.88. The molecule has 76 valence electrons. The van der Waals surface area contributed by atoms with E-state index < -0.39 is 5.60 Å². The van der Waals surface area contributed by atoms with Gasteiger partial charge < -0.3 is 20.8 Å². The molecule has 13 heavy (non-hydrogen) atoms. The summed E-state index contributed by atoms with van der Waals surface area (Å²) in [4.78, 5) is 11.0. The molecule has 0 aromatic rings. The Balaban J connectivity index is 2.13. The summed E-state index contributed by atoms with van der Waals surface area (Å²) in [5, 5.41) is 23.2. The molecule has 1 rings (SSSR count). The van der Waals surface area contributed by atoms with Crippen LogP contribution in [0, 0.1) is 0 Å². The minimum atomic E-state index is -1.24. The van der Waals surface area contributed by atoms with E-state index in [0.717, 1.165) is 12.8 Å². The van der Waals surface area contributed by atoms with E-state index >= 15 is 0 Å². The van der Waals surface area contributed by atoms with Gasteiger partial charge in [-0.15, -0.1) is 0 Å². The molecule has 0 aromatic carbocycles. The summed E-state index contributed by atoms with van der Waals surface area (Å²) in [5.74, 6) is 0. The van der Waals surface area contributed by atoms with Crippen LogP contribution in [0.5, 0.6) is 0 Å². The van der Waals surface area contributed by atoms with Gasteiger partial charge in [-0.3, -0.25) is 0 Å². The van der Waals surface area contributed by atoms with Gasteiger partial charge in [0, 0.05) is 6.04 Å². The van der Waals surface area contributed by atoms with E-state index in [9.17, 15) is 9.90 Å². The average molecular weight is 188 g/mol. The number of aliphatic hydroxyl groups excluding tert-OH is 1. The molecule has 0 saturated heterocycles. The second kappa shape index (κ2) is 3.93. The highest BCUT2D eigenvalue weighted by Gasteiger charge is 2.25. The van der Waals surface area contributed by atoms with Gasteiger partial charge in [0.25, 0.3) is 0 Å². The number of aliphatic hydroxyl groups is 2. The van der Waals surface area contributed by atoms with Crippen LogP contribution in [0.2, 0.25) is 0 Å². The smallest absolute Gasteiger partial charge is 0.315 e. The van der Waals surface area contributed by atoms with Crippen LogP contribution in [-0.2, 0) is 0 Å². The lowest BCUT2D eigenvalue weighted by atomic mass is 10.1. The van der Waals surface area contributed by atoms with Gasteiger partial charge in [-0.25, -0.2) is 4.79 Å². The van der Waals surface area contributed by atoms with Gasteiger partial charge in [0.2, 0.25) is 0 Å². The van der Waals surface area contributed by atoms with Crippen LogP contribution in [0.1, 0.15) is 19.8 Å². The topological polar surface area (TPSA) is 81.6 Å². The molecule has 1 unspecified atom stereocenters. The monoisotopic (exact) mass is 188 g/mol. The number of hydrogen-bond acceptors (Lipinski definition) is 3. The third kappa shape index (κ3) is 4.10. The third-order valence-corrected chi connectivity index (χ3v) is 1.88. The molecule has 1 aliphatic rings. The van der Waals surface area contributed by atoms with Gasteiger partial charge in [-0.1, -0.05) is 0 Å². The number of hydrogen-bond donors (Lipinski definition) is 4. The Hall–Kier alpha value is -0.810. The average Bonchev–Trinajstić information content (AvgIpc) is 2.85. The predicted molar refractivity (Wildman–Crippen MR) is 47.3 cm³/mol. The zero-order valence-corrected chi connectivity index (χ0v) is 7.71. The summed E-state index contributed by atoms with van der Waals surface area (Å²) in [7, 11) is 0. The first-order valence-electron chi connectivity index (χ1n) is 4.41. The summed E-state index contributed by atoms with van der Waals surface area (Å²) in [6.07, 6.45) is 2.06. The second-order valence-electron chi connectivity index (χ2n) is 3.76. The molecule has 0 aliphatic heterocycles. The highest BCUT2D eigenvalue weighted by Crippen LogP contribution is 2.18. The minimum Gasteiger partial charge on any atom is -0.393 e. The number of amides is 2. The zero-order chi connectivity index (χ0) is 9.90. The molecule has 1 saturated carbocycles. The van der Waals surface area contributed by atoms with Crippen LogP contribution >= 0.6 is 0 Å². The van der Waals surface area contributed by atoms with E-state index in [1.165, 1.54) is 6.92 Å². The molecule has 4 N–H and O–H groups in total. The minimum absolute atomic E-state index is 0.0576. The van der Waals surface area contributed by atoms with Gasteiger partial charge in [0.05, 0.1) is 13.2 Å². The standard InChI is InChI=1S/C8H16N2O3/c1-8(13,5-11)4-9-7(12)10-6-2-3-6/h6,11,13H,2-5H2,1H3,(H2,9,10,12). The maximum atomic E-state index is 11.0. The van der Waals surface area contributed by atoms with E-state index in [1.54, 1.807) is 0 Å². The first-order valence-corrected chi connectivity index (χ1v) is 4.41. The molecule has 0 aromatic heterocycles. The van der Waals surface area contributed by atoms with E-state index in [4.69, 9.17) is 5.11 Å². The largest absolute Gasteiger partial charge is 0.393 e. The van der Waals surface area contributed by atoms with E-state index in [0.29, 0.717) is 6.04 Å². The SMILES string of the molecule is CC(O)(CO)CNC(=O)NC1CC1. The van der Waals surface area contributed by atoms with Crippen molar-refractivity contribution in [3.05, 3.63) is 0 Å². The van der Waals surface area contributed by atoms with Crippen molar-refractivity contribution in [2.24, 2.45) is 0 Å². The predicted octanol–water partition coefficient (Wildman–Crippen LogP) is -0.809. The van der Waals surface area contributed by atoms with Crippen LogP contribution in [0.3, 0.4) is 0 Å². The maximum Gasteiger partial charge on any atom is 0.315 e. The Bertz CT molecular complexity index is 190. The van der Waals surface area contributed by atoms with Crippen molar-refractivity contribution in [3.8, 4) is 0 Å². The summed E-state index contributed by atoms with van der Waals surface area (Å²) in [6.45, 7) is 1.16. The molecule has 5 nitrogen and oxygen atoms in total.